The van der Waals surface area contributed by atoms with Crippen molar-refractivity contribution in [3.05, 3.63) is 12.2 Å². The molecule has 1 aliphatic heterocycles. The van der Waals surface area contributed by atoms with Crippen molar-refractivity contribution < 1.29 is 9.53 Å². The smallest absolute Gasteiger partial charge is 0.226 e. The quantitative estimate of drug-likeness (QED) is 0.901. The van der Waals surface area contributed by atoms with Crippen LogP contribution in [0.15, 0.2) is 6.33 Å². The Bertz CT molecular complexity index is 470. The molecule has 0 aromatic carbocycles. The van der Waals surface area contributed by atoms with Gasteiger partial charge in [0.25, 0.3) is 0 Å². The summed E-state index contributed by atoms with van der Waals surface area (Å²) in [6, 6.07) is 0.285. The third-order valence-corrected chi connectivity index (χ3v) is 3.98. The minimum absolute atomic E-state index is 0.0155. The van der Waals surface area contributed by atoms with Crippen LogP contribution in [0.4, 0.5) is 0 Å². The van der Waals surface area contributed by atoms with E-state index in [9.17, 15) is 4.79 Å². The van der Waals surface area contributed by atoms with Crippen LogP contribution in [0.25, 0.3) is 0 Å². The lowest BCUT2D eigenvalue weighted by atomic mass is 9.87. The summed E-state index contributed by atoms with van der Waals surface area (Å²) in [7, 11) is 0. The second-order valence-corrected chi connectivity index (χ2v) is 6.29. The van der Waals surface area contributed by atoms with Crippen molar-refractivity contribution in [3.63, 3.8) is 0 Å². The molecule has 1 fully saturated rings. The van der Waals surface area contributed by atoms with E-state index in [1.54, 1.807) is 6.33 Å². The molecule has 6 nitrogen and oxygen atoms in total. The Kier molecular flexibility index (Phi) is 5.33. The summed E-state index contributed by atoms with van der Waals surface area (Å²) in [5.41, 5.74) is 0. The molecule has 0 saturated carbocycles. The van der Waals surface area contributed by atoms with E-state index in [0.29, 0.717) is 12.5 Å². The van der Waals surface area contributed by atoms with Gasteiger partial charge in [0, 0.05) is 12.6 Å². The van der Waals surface area contributed by atoms with E-state index in [4.69, 9.17) is 4.74 Å². The molecule has 0 unspecified atom stereocenters. The van der Waals surface area contributed by atoms with Crippen LogP contribution in [0.1, 0.15) is 52.4 Å². The van der Waals surface area contributed by atoms with Crippen molar-refractivity contribution in [2.24, 2.45) is 11.8 Å². The number of ether oxygens (including phenoxy) is 1. The molecule has 1 aromatic rings. The van der Waals surface area contributed by atoms with E-state index in [0.717, 1.165) is 25.3 Å². The molecule has 1 aliphatic rings. The predicted molar refractivity (Wildman–Crippen MR) is 79.6 cm³/mol. The molecule has 0 bridgehead atoms. The Hall–Kier alpha value is -1.43. The van der Waals surface area contributed by atoms with Crippen LogP contribution in [0.2, 0.25) is 0 Å². The average molecular weight is 294 g/mol. The Balaban J connectivity index is 1.95. The van der Waals surface area contributed by atoms with E-state index < -0.39 is 0 Å². The minimum Gasteiger partial charge on any atom is -0.377 e. The van der Waals surface area contributed by atoms with Crippen LogP contribution in [0.5, 0.6) is 0 Å². The Morgan fingerprint density at radius 2 is 2.24 bits per heavy atom. The summed E-state index contributed by atoms with van der Waals surface area (Å²) in [5, 5.41) is 11.0. The van der Waals surface area contributed by atoms with Gasteiger partial charge in [0.2, 0.25) is 5.91 Å². The van der Waals surface area contributed by atoms with Crippen LogP contribution < -0.4 is 5.32 Å². The van der Waals surface area contributed by atoms with Gasteiger partial charge in [-0.2, -0.15) is 0 Å². The number of nitrogens with one attached hydrogen (secondary N) is 1. The van der Waals surface area contributed by atoms with Crippen LogP contribution in [0.3, 0.4) is 0 Å². The number of carbonyl (C=O) groups is 1. The fourth-order valence-corrected chi connectivity index (χ4v) is 2.86. The third kappa shape index (κ3) is 3.81. The normalized spacial score (nSPS) is 22.8. The van der Waals surface area contributed by atoms with Crippen LogP contribution >= 0.6 is 0 Å². The first-order valence-corrected chi connectivity index (χ1v) is 7.78. The standard InChI is InChI=1S/C15H26N4O2/c1-10(2)14-12(6-5-7-21-14)15(20)16-8-13-18-17-9-19(13)11(3)4/h9-12,14H,5-8H2,1-4H3,(H,16,20)/t12-,14-/m0/s1. The molecule has 2 atom stereocenters. The first-order valence-electron chi connectivity index (χ1n) is 7.78. The number of rotatable bonds is 5. The molecule has 118 valence electrons. The van der Waals surface area contributed by atoms with Crippen molar-refractivity contribution in [3.8, 4) is 0 Å². The van der Waals surface area contributed by atoms with Crippen LogP contribution in [0, 0.1) is 11.8 Å². The van der Waals surface area contributed by atoms with E-state index in [1.807, 2.05) is 4.57 Å². The molecule has 0 aliphatic carbocycles. The van der Waals surface area contributed by atoms with Gasteiger partial charge in [-0.1, -0.05) is 13.8 Å². The second kappa shape index (κ2) is 7.02. The van der Waals surface area contributed by atoms with Gasteiger partial charge in [-0.05, 0) is 32.6 Å². The molecular formula is C15H26N4O2. The fraction of sp³-hybridized carbons (Fsp3) is 0.800. The highest BCUT2D eigenvalue weighted by molar-refractivity contribution is 5.79. The Morgan fingerprint density at radius 1 is 1.48 bits per heavy atom. The maximum Gasteiger partial charge on any atom is 0.226 e. The molecular weight excluding hydrogens is 268 g/mol. The molecule has 21 heavy (non-hydrogen) atoms. The summed E-state index contributed by atoms with van der Waals surface area (Å²) in [6.45, 7) is 9.51. The Morgan fingerprint density at radius 3 is 2.90 bits per heavy atom. The lowest BCUT2D eigenvalue weighted by Crippen LogP contribution is -2.43. The summed E-state index contributed by atoms with van der Waals surface area (Å²) < 4.78 is 7.75. The number of aromatic nitrogens is 3. The maximum absolute atomic E-state index is 12.4. The van der Waals surface area contributed by atoms with Gasteiger partial charge in [0.05, 0.1) is 18.6 Å². The van der Waals surface area contributed by atoms with Crippen molar-refractivity contribution in [1.82, 2.24) is 20.1 Å². The molecule has 0 radical (unpaired) electrons. The summed E-state index contributed by atoms with van der Waals surface area (Å²) in [6.07, 6.45) is 3.56. The van der Waals surface area contributed by atoms with E-state index in [1.165, 1.54) is 0 Å². The number of nitrogens with zero attached hydrogens (tertiary/aromatic N) is 3. The van der Waals surface area contributed by atoms with Crippen molar-refractivity contribution in [2.75, 3.05) is 6.61 Å². The number of amides is 1. The van der Waals surface area contributed by atoms with Gasteiger partial charge in [0.15, 0.2) is 5.82 Å². The highest BCUT2D eigenvalue weighted by Crippen LogP contribution is 2.26. The topological polar surface area (TPSA) is 69.0 Å². The maximum atomic E-state index is 12.4. The number of hydrogen-bond acceptors (Lipinski definition) is 4. The lowest BCUT2D eigenvalue weighted by molar-refractivity contribution is -0.137. The molecule has 1 aromatic heterocycles. The van der Waals surface area contributed by atoms with Gasteiger partial charge in [-0.15, -0.1) is 10.2 Å². The summed E-state index contributed by atoms with van der Waals surface area (Å²) in [4.78, 5) is 12.4. The predicted octanol–water partition coefficient (Wildman–Crippen LogP) is 1.93. The van der Waals surface area contributed by atoms with Crippen molar-refractivity contribution in [1.29, 1.82) is 0 Å². The largest absolute Gasteiger partial charge is 0.377 e. The number of carbonyl (C=O) groups excluding carboxylic acids is 1. The molecule has 2 rings (SSSR count). The van der Waals surface area contributed by atoms with Gasteiger partial charge in [0.1, 0.15) is 6.33 Å². The van der Waals surface area contributed by atoms with E-state index >= 15 is 0 Å². The lowest BCUT2D eigenvalue weighted by Gasteiger charge is -2.33. The van der Waals surface area contributed by atoms with E-state index in [2.05, 4.69) is 43.2 Å². The summed E-state index contributed by atoms with van der Waals surface area (Å²) >= 11 is 0. The second-order valence-electron chi connectivity index (χ2n) is 6.29. The molecule has 0 spiro atoms. The highest BCUT2D eigenvalue weighted by Gasteiger charge is 2.33. The molecule has 1 saturated heterocycles. The SMILES string of the molecule is CC(C)[C@@H]1OCCC[C@@H]1C(=O)NCc1nncn1C(C)C. The van der Waals surface area contributed by atoms with Crippen molar-refractivity contribution in [2.45, 2.75) is 59.2 Å². The summed E-state index contributed by atoms with van der Waals surface area (Å²) in [5.74, 6) is 1.14. The van der Waals surface area contributed by atoms with Gasteiger partial charge in [-0.25, -0.2) is 0 Å². The third-order valence-electron chi connectivity index (χ3n) is 3.98. The van der Waals surface area contributed by atoms with E-state index in [-0.39, 0.29) is 24.0 Å². The monoisotopic (exact) mass is 294 g/mol. The zero-order chi connectivity index (χ0) is 15.4. The minimum atomic E-state index is -0.0610. The van der Waals surface area contributed by atoms with Crippen LogP contribution in [-0.2, 0) is 16.1 Å². The molecule has 1 N–H and O–H groups in total. The Labute approximate surface area is 126 Å². The van der Waals surface area contributed by atoms with Crippen molar-refractivity contribution >= 4 is 5.91 Å². The first-order chi connectivity index (χ1) is 10.0. The molecule has 6 heteroatoms. The zero-order valence-electron chi connectivity index (χ0n) is 13.4. The molecule has 2 heterocycles. The molecule has 1 amide bonds. The zero-order valence-corrected chi connectivity index (χ0v) is 13.4. The van der Waals surface area contributed by atoms with Gasteiger partial charge >= 0.3 is 0 Å². The number of hydrogen-bond donors (Lipinski definition) is 1. The highest BCUT2D eigenvalue weighted by atomic mass is 16.5. The average Bonchev–Trinajstić information content (AvgIpc) is 2.93. The first kappa shape index (κ1) is 15.9. The van der Waals surface area contributed by atoms with Crippen LogP contribution in [-0.4, -0.2) is 33.4 Å². The van der Waals surface area contributed by atoms with Gasteiger partial charge < -0.3 is 14.6 Å². The fourth-order valence-electron chi connectivity index (χ4n) is 2.86. The van der Waals surface area contributed by atoms with Gasteiger partial charge in [-0.3, -0.25) is 4.79 Å².